The SMILES string of the molecule is CN1C(=O)CCOc2ccc(NC(=O)Cc3cccc(F)c3)cc21. The molecular formula is C18H17FN2O3. The quantitative estimate of drug-likeness (QED) is 0.942. The molecule has 0 saturated heterocycles. The number of anilines is 2. The molecule has 3 rings (SSSR count). The molecule has 24 heavy (non-hydrogen) atoms. The number of fused-ring (bicyclic) bond motifs is 1. The van der Waals surface area contributed by atoms with Gasteiger partial charge in [0.15, 0.2) is 0 Å². The Hall–Kier alpha value is -2.89. The van der Waals surface area contributed by atoms with E-state index in [2.05, 4.69) is 5.32 Å². The van der Waals surface area contributed by atoms with Crippen molar-refractivity contribution >= 4 is 23.2 Å². The molecule has 0 saturated carbocycles. The average Bonchev–Trinajstić information content (AvgIpc) is 2.67. The van der Waals surface area contributed by atoms with Crippen LogP contribution >= 0.6 is 0 Å². The lowest BCUT2D eigenvalue weighted by atomic mass is 10.1. The summed E-state index contributed by atoms with van der Waals surface area (Å²) in [5, 5.41) is 2.76. The Balaban J connectivity index is 1.75. The second kappa shape index (κ2) is 6.70. The fourth-order valence-corrected chi connectivity index (χ4v) is 2.57. The second-order valence-electron chi connectivity index (χ2n) is 5.59. The number of halogens is 1. The van der Waals surface area contributed by atoms with Crippen LogP contribution < -0.4 is 15.0 Å². The predicted molar refractivity (Wildman–Crippen MR) is 88.7 cm³/mol. The van der Waals surface area contributed by atoms with Crippen LogP contribution in [-0.4, -0.2) is 25.5 Å². The molecule has 0 aliphatic carbocycles. The van der Waals surface area contributed by atoms with Crippen molar-refractivity contribution in [3.8, 4) is 5.75 Å². The highest BCUT2D eigenvalue weighted by molar-refractivity contribution is 5.97. The Bertz CT molecular complexity index is 792. The van der Waals surface area contributed by atoms with E-state index in [1.165, 1.54) is 17.0 Å². The molecule has 0 atom stereocenters. The third kappa shape index (κ3) is 3.53. The van der Waals surface area contributed by atoms with Crippen LogP contribution in [0, 0.1) is 5.82 Å². The van der Waals surface area contributed by atoms with E-state index in [0.717, 1.165) is 0 Å². The van der Waals surface area contributed by atoms with Gasteiger partial charge in [-0.3, -0.25) is 9.59 Å². The smallest absolute Gasteiger partial charge is 0.230 e. The number of nitrogens with one attached hydrogen (secondary N) is 1. The summed E-state index contributed by atoms with van der Waals surface area (Å²) in [6.07, 6.45) is 0.382. The Kier molecular flexibility index (Phi) is 4.46. The van der Waals surface area contributed by atoms with Crippen LogP contribution in [0.5, 0.6) is 5.75 Å². The van der Waals surface area contributed by atoms with E-state index >= 15 is 0 Å². The fraction of sp³-hybridized carbons (Fsp3) is 0.222. The number of carbonyl (C=O) groups is 2. The maximum Gasteiger partial charge on any atom is 0.230 e. The summed E-state index contributed by atoms with van der Waals surface area (Å²) in [6, 6.07) is 11.1. The number of amides is 2. The number of rotatable bonds is 3. The predicted octanol–water partition coefficient (Wildman–Crippen LogP) is 2.75. The van der Waals surface area contributed by atoms with E-state index in [0.29, 0.717) is 35.7 Å². The molecule has 0 radical (unpaired) electrons. The lowest BCUT2D eigenvalue weighted by Gasteiger charge is -2.17. The number of hydrogen-bond donors (Lipinski definition) is 1. The van der Waals surface area contributed by atoms with Gasteiger partial charge in [-0.25, -0.2) is 4.39 Å². The molecule has 0 bridgehead atoms. The van der Waals surface area contributed by atoms with Crippen molar-refractivity contribution in [1.29, 1.82) is 0 Å². The molecule has 1 heterocycles. The van der Waals surface area contributed by atoms with E-state index in [1.807, 2.05) is 0 Å². The summed E-state index contributed by atoms with van der Waals surface area (Å²) < 4.78 is 18.7. The molecule has 1 aliphatic heterocycles. The first-order valence-corrected chi connectivity index (χ1v) is 7.60. The molecule has 6 heteroatoms. The van der Waals surface area contributed by atoms with Crippen LogP contribution in [0.4, 0.5) is 15.8 Å². The summed E-state index contributed by atoms with van der Waals surface area (Å²) in [4.78, 5) is 25.6. The average molecular weight is 328 g/mol. The monoisotopic (exact) mass is 328 g/mol. The van der Waals surface area contributed by atoms with Gasteiger partial charge in [-0.2, -0.15) is 0 Å². The molecule has 0 aromatic heterocycles. The van der Waals surface area contributed by atoms with Crippen LogP contribution in [-0.2, 0) is 16.0 Å². The van der Waals surface area contributed by atoms with Crippen LogP contribution in [0.3, 0.4) is 0 Å². The lowest BCUT2D eigenvalue weighted by Crippen LogP contribution is -2.25. The van der Waals surface area contributed by atoms with Gasteiger partial charge >= 0.3 is 0 Å². The highest BCUT2D eigenvalue weighted by atomic mass is 19.1. The molecule has 1 aliphatic rings. The molecule has 5 nitrogen and oxygen atoms in total. The first kappa shape index (κ1) is 16.0. The van der Waals surface area contributed by atoms with Crippen LogP contribution in [0.1, 0.15) is 12.0 Å². The van der Waals surface area contributed by atoms with Gasteiger partial charge in [0.25, 0.3) is 0 Å². The number of ether oxygens (including phenoxy) is 1. The summed E-state index contributed by atoms with van der Waals surface area (Å²) in [6.45, 7) is 0.335. The summed E-state index contributed by atoms with van der Waals surface area (Å²) in [5.41, 5.74) is 1.76. The third-order valence-electron chi connectivity index (χ3n) is 3.81. The molecule has 0 unspecified atom stereocenters. The minimum Gasteiger partial charge on any atom is -0.491 e. The minimum atomic E-state index is -0.373. The van der Waals surface area contributed by atoms with Crippen LogP contribution in [0.15, 0.2) is 42.5 Å². The summed E-state index contributed by atoms with van der Waals surface area (Å²) >= 11 is 0. The van der Waals surface area contributed by atoms with Crippen molar-refractivity contribution in [1.82, 2.24) is 0 Å². The molecule has 2 aromatic rings. The van der Waals surface area contributed by atoms with Crippen molar-refractivity contribution in [2.24, 2.45) is 0 Å². The molecule has 2 amide bonds. The molecule has 124 valence electrons. The Morgan fingerprint density at radius 3 is 2.92 bits per heavy atom. The highest BCUT2D eigenvalue weighted by Gasteiger charge is 2.20. The number of hydrogen-bond acceptors (Lipinski definition) is 3. The van der Waals surface area contributed by atoms with Gasteiger partial charge in [0.2, 0.25) is 11.8 Å². The minimum absolute atomic E-state index is 0.0445. The van der Waals surface area contributed by atoms with Gasteiger partial charge in [0, 0.05) is 12.7 Å². The summed E-state index contributed by atoms with van der Waals surface area (Å²) in [5.74, 6) is -0.0739. The maximum atomic E-state index is 13.2. The molecule has 1 N–H and O–H groups in total. The van der Waals surface area contributed by atoms with Gasteiger partial charge in [0.05, 0.1) is 25.1 Å². The topological polar surface area (TPSA) is 58.6 Å². The molecular weight excluding hydrogens is 311 g/mol. The first-order chi connectivity index (χ1) is 11.5. The van der Waals surface area contributed by atoms with E-state index in [-0.39, 0.29) is 24.1 Å². The zero-order chi connectivity index (χ0) is 17.1. The van der Waals surface area contributed by atoms with Crippen molar-refractivity contribution in [3.05, 3.63) is 53.8 Å². The van der Waals surface area contributed by atoms with E-state index in [1.54, 1.807) is 37.4 Å². The number of nitrogens with zero attached hydrogens (tertiary/aromatic N) is 1. The molecule has 0 fully saturated rings. The van der Waals surface area contributed by atoms with Gasteiger partial charge in [-0.15, -0.1) is 0 Å². The van der Waals surface area contributed by atoms with Crippen LogP contribution in [0.2, 0.25) is 0 Å². The van der Waals surface area contributed by atoms with E-state index < -0.39 is 0 Å². The number of benzene rings is 2. The first-order valence-electron chi connectivity index (χ1n) is 7.60. The molecule has 0 spiro atoms. The highest BCUT2D eigenvalue weighted by Crippen LogP contribution is 2.33. The molecule has 2 aromatic carbocycles. The largest absolute Gasteiger partial charge is 0.491 e. The third-order valence-corrected chi connectivity index (χ3v) is 3.81. The second-order valence-corrected chi connectivity index (χ2v) is 5.59. The zero-order valence-corrected chi connectivity index (χ0v) is 13.2. The lowest BCUT2D eigenvalue weighted by molar-refractivity contribution is -0.118. The van der Waals surface area contributed by atoms with Crippen LogP contribution in [0.25, 0.3) is 0 Å². The van der Waals surface area contributed by atoms with Crippen molar-refractivity contribution in [2.75, 3.05) is 23.9 Å². The van der Waals surface area contributed by atoms with Gasteiger partial charge in [-0.1, -0.05) is 12.1 Å². The standard InChI is InChI=1S/C18H17FN2O3/c1-21-15-11-14(5-6-16(15)24-8-7-18(21)23)20-17(22)10-12-3-2-4-13(19)9-12/h2-6,9,11H,7-8,10H2,1H3,(H,20,22). The van der Waals surface area contributed by atoms with Gasteiger partial charge in [0.1, 0.15) is 11.6 Å². The Labute approximate surface area is 139 Å². The number of carbonyl (C=O) groups excluding carboxylic acids is 2. The van der Waals surface area contributed by atoms with Gasteiger partial charge < -0.3 is 15.0 Å². The van der Waals surface area contributed by atoms with Gasteiger partial charge in [-0.05, 0) is 35.9 Å². The fourth-order valence-electron chi connectivity index (χ4n) is 2.57. The normalized spacial score (nSPS) is 13.8. The van der Waals surface area contributed by atoms with Crippen molar-refractivity contribution in [2.45, 2.75) is 12.8 Å². The van der Waals surface area contributed by atoms with Crippen molar-refractivity contribution < 1.29 is 18.7 Å². The Morgan fingerprint density at radius 2 is 2.12 bits per heavy atom. The summed E-state index contributed by atoms with van der Waals surface area (Å²) in [7, 11) is 1.67. The van der Waals surface area contributed by atoms with E-state index in [4.69, 9.17) is 4.74 Å². The maximum absolute atomic E-state index is 13.2. The zero-order valence-electron chi connectivity index (χ0n) is 13.2. The van der Waals surface area contributed by atoms with E-state index in [9.17, 15) is 14.0 Å². The van der Waals surface area contributed by atoms with Crippen molar-refractivity contribution in [3.63, 3.8) is 0 Å². The Morgan fingerprint density at radius 1 is 1.29 bits per heavy atom.